The van der Waals surface area contributed by atoms with Crippen LogP contribution in [-0.4, -0.2) is 62.3 Å². The quantitative estimate of drug-likeness (QED) is 0.735. The van der Waals surface area contributed by atoms with Crippen molar-refractivity contribution in [1.82, 2.24) is 15.5 Å². The van der Waals surface area contributed by atoms with Crippen LogP contribution in [0.15, 0.2) is 0 Å². The SMILES string of the molecule is O=C(NCCCN1CCOCC1)C1CC2CCCCC2N1. The third-order valence-electron chi connectivity index (χ3n) is 5.23. The fourth-order valence-electron chi connectivity index (χ4n) is 3.98. The minimum atomic E-state index is 0.0569. The van der Waals surface area contributed by atoms with Crippen molar-refractivity contribution < 1.29 is 9.53 Å². The number of hydrogen-bond donors (Lipinski definition) is 2. The van der Waals surface area contributed by atoms with Gasteiger partial charge in [-0.25, -0.2) is 0 Å². The van der Waals surface area contributed by atoms with Gasteiger partial charge in [-0.2, -0.15) is 0 Å². The molecule has 21 heavy (non-hydrogen) atoms. The second kappa shape index (κ2) is 7.56. The summed E-state index contributed by atoms with van der Waals surface area (Å²) in [6.07, 6.45) is 7.30. The number of nitrogens with one attached hydrogen (secondary N) is 2. The van der Waals surface area contributed by atoms with Gasteiger partial charge in [-0.3, -0.25) is 9.69 Å². The molecule has 0 spiro atoms. The van der Waals surface area contributed by atoms with Crippen LogP contribution >= 0.6 is 0 Å². The Labute approximate surface area is 127 Å². The van der Waals surface area contributed by atoms with Crippen LogP contribution in [0.25, 0.3) is 0 Å². The lowest BCUT2D eigenvalue weighted by molar-refractivity contribution is -0.122. The van der Waals surface area contributed by atoms with E-state index in [1.165, 1.54) is 25.7 Å². The van der Waals surface area contributed by atoms with Gasteiger partial charge in [-0.1, -0.05) is 12.8 Å². The zero-order valence-corrected chi connectivity index (χ0v) is 13.0. The first-order valence-electron chi connectivity index (χ1n) is 8.67. The third kappa shape index (κ3) is 4.18. The molecule has 2 heterocycles. The predicted octanol–water partition coefficient (Wildman–Crippen LogP) is 0.746. The van der Waals surface area contributed by atoms with Gasteiger partial charge in [-0.15, -0.1) is 0 Å². The predicted molar refractivity (Wildman–Crippen MR) is 82.2 cm³/mol. The van der Waals surface area contributed by atoms with Gasteiger partial charge >= 0.3 is 0 Å². The summed E-state index contributed by atoms with van der Waals surface area (Å²) in [5.41, 5.74) is 0. The molecule has 5 heteroatoms. The summed E-state index contributed by atoms with van der Waals surface area (Å²) in [5.74, 6) is 0.953. The van der Waals surface area contributed by atoms with Crippen molar-refractivity contribution in [3.05, 3.63) is 0 Å². The van der Waals surface area contributed by atoms with Gasteiger partial charge in [0.15, 0.2) is 0 Å². The van der Waals surface area contributed by atoms with Gasteiger partial charge in [0, 0.05) is 25.7 Å². The van der Waals surface area contributed by atoms with E-state index in [1.807, 2.05) is 0 Å². The Hall–Kier alpha value is -0.650. The van der Waals surface area contributed by atoms with E-state index < -0.39 is 0 Å². The second-order valence-corrected chi connectivity index (χ2v) is 6.70. The number of amides is 1. The van der Waals surface area contributed by atoms with Crippen LogP contribution in [0, 0.1) is 5.92 Å². The van der Waals surface area contributed by atoms with Crippen molar-refractivity contribution in [2.75, 3.05) is 39.4 Å². The number of rotatable bonds is 5. The summed E-state index contributed by atoms with van der Waals surface area (Å²) in [6.45, 7) is 5.61. The van der Waals surface area contributed by atoms with E-state index in [4.69, 9.17) is 4.74 Å². The van der Waals surface area contributed by atoms with E-state index in [1.54, 1.807) is 0 Å². The lowest BCUT2D eigenvalue weighted by Gasteiger charge is -2.26. The van der Waals surface area contributed by atoms with Gasteiger partial charge in [0.1, 0.15) is 0 Å². The lowest BCUT2D eigenvalue weighted by Crippen LogP contribution is -2.44. The molecule has 120 valence electrons. The van der Waals surface area contributed by atoms with Crippen molar-refractivity contribution >= 4 is 5.91 Å². The fourth-order valence-corrected chi connectivity index (χ4v) is 3.98. The number of nitrogens with zero attached hydrogens (tertiary/aromatic N) is 1. The maximum atomic E-state index is 12.2. The molecule has 1 aliphatic carbocycles. The Balaban J connectivity index is 1.31. The summed E-state index contributed by atoms with van der Waals surface area (Å²) >= 11 is 0. The molecule has 1 saturated carbocycles. The molecule has 3 aliphatic rings. The Morgan fingerprint density at radius 1 is 1.24 bits per heavy atom. The first kappa shape index (κ1) is 15.3. The summed E-state index contributed by atoms with van der Waals surface area (Å²) < 4.78 is 5.34. The van der Waals surface area contributed by atoms with E-state index in [0.29, 0.717) is 6.04 Å². The third-order valence-corrected chi connectivity index (χ3v) is 5.23. The Morgan fingerprint density at radius 3 is 2.86 bits per heavy atom. The molecule has 3 unspecified atom stereocenters. The maximum absolute atomic E-state index is 12.2. The number of carbonyl (C=O) groups is 1. The smallest absolute Gasteiger partial charge is 0.237 e. The molecule has 3 rings (SSSR count). The molecule has 3 atom stereocenters. The van der Waals surface area contributed by atoms with E-state index in [0.717, 1.165) is 58.2 Å². The minimum Gasteiger partial charge on any atom is -0.379 e. The molecular formula is C16H29N3O2. The van der Waals surface area contributed by atoms with Gasteiger partial charge in [0.05, 0.1) is 19.3 Å². The molecule has 0 bridgehead atoms. The zero-order valence-electron chi connectivity index (χ0n) is 13.0. The van der Waals surface area contributed by atoms with Crippen LogP contribution in [0.4, 0.5) is 0 Å². The average Bonchev–Trinajstić information content (AvgIpc) is 2.96. The number of ether oxygens (including phenoxy) is 1. The van der Waals surface area contributed by atoms with Crippen LogP contribution in [0.5, 0.6) is 0 Å². The highest BCUT2D eigenvalue weighted by Crippen LogP contribution is 2.33. The molecule has 2 N–H and O–H groups in total. The number of fused-ring (bicyclic) bond motifs is 1. The highest BCUT2D eigenvalue weighted by molar-refractivity contribution is 5.82. The second-order valence-electron chi connectivity index (χ2n) is 6.70. The molecule has 0 aromatic carbocycles. The lowest BCUT2D eigenvalue weighted by atomic mass is 9.85. The molecule has 0 aromatic rings. The fraction of sp³-hybridized carbons (Fsp3) is 0.938. The van der Waals surface area contributed by atoms with Crippen LogP contribution in [0.2, 0.25) is 0 Å². The molecule has 1 amide bonds. The summed E-state index contributed by atoms with van der Waals surface area (Å²) in [7, 11) is 0. The van der Waals surface area contributed by atoms with Crippen molar-refractivity contribution in [2.24, 2.45) is 5.92 Å². The van der Waals surface area contributed by atoms with Crippen LogP contribution in [0.1, 0.15) is 38.5 Å². The normalized spacial score (nSPS) is 33.6. The largest absolute Gasteiger partial charge is 0.379 e. The van der Waals surface area contributed by atoms with Crippen molar-refractivity contribution in [2.45, 2.75) is 50.6 Å². The number of morpholine rings is 1. The van der Waals surface area contributed by atoms with Crippen LogP contribution in [0.3, 0.4) is 0 Å². The molecule has 2 saturated heterocycles. The summed E-state index contributed by atoms with van der Waals surface area (Å²) in [6, 6.07) is 0.657. The first-order chi connectivity index (χ1) is 10.3. The van der Waals surface area contributed by atoms with Crippen LogP contribution < -0.4 is 10.6 Å². The average molecular weight is 295 g/mol. The van der Waals surface area contributed by atoms with E-state index in [9.17, 15) is 4.79 Å². The van der Waals surface area contributed by atoms with E-state index in [-0.39, 0.29) is 11.9 Å². The molecule has 5 nitrogen and oxygen atoms in total. The number of hydrogen-bond acceptors (Lipinski definition) is 4. The van der Waals surface area contributed by atoms with Crippen molar-refractivity contribution in [1.29, 1.82) is 0 Å². The molecule has 0 radical (unpaired) electrons. The highest BCUT2D eigenvalue weighted by Gasteiger charge is 2.37. The monoisotopic (exact) mass is 295 g/mol. The zero-order chi connectivity index (χ0) is 14.5. The molecule has 2 aliphatic heterocycles. The van der Waals surface area contributed by atoms with Crippen molar-refractivity contribution in [3.63, 3.8) is 0 Å². The van der Waals surface area contributed by atoms with Gasteiger partial charge < -0.3 is 15.4 Å². The van der Waals surface area contributed by atoms with Gasteiger partial charge in [0.2, 0.25) is 5.91 Å². The highest BCUT2D eigenvalue weighted by atomic mass is 16.5. The van der Waals surface area contributed by atoms with E-state index >= 15 is 0 Å². The van der Waals surface area contributed by atoms with Crippen LogP contribution in [-0.2, 0) is 9.53 Å². The Morgan fingerprint density at radius 2 is 2.05 bits per heavy atom. The first-order valence-corrected chi connectivity index (χ1v) is 8.67. The topological polar surface area (TPSA) is 53.6 Å². The van der Waals surface area contributed by atoms with Crippen molar-refractivity contribution in [3.8, 4) is 0 Å². The maximum Gasteiger partial charge on any atom is 0.237 e. The Bertz CT molecular complexity index is 330. The Kier molecular flexibility index (Phi) is 5.49. The number of carbonyl (C=O) groups excluding carboxylic acids is 1. The van der Waals surface area contributed by atoms with E-state index in [2.05, 4.69) is 15.5 Å². The molecule has 3 fully saturated rings. The summed E-state index contributed by atoms with van der Waals surface area (Å²) in [4.78, 5) is 14.6. The summed E-state index contributed by atoms with van der Waals surface area (Å²) in [5, 5.41) is 6.66. The van der Waals surface area contributed by atoms with Gasteiger partial charge in [0.25, 0.3) is 0 Å². The minimum absolute atomic E-state index is 0.0569. The molecular weight excluding hydrogens is 266 g/mol. The molecule has 0 aromatic heterocycles. The standard InChI is InChI=1S/C16H29N3O2/c20-16(15-12-13-4-1-2-5-14(13)18-15)17-6-3-7-19-8-10-21-11-9-19/h13-15,18H,1-12H2,(H,17,20). The van der Waals surface area contributed by atoms with Gasteiger partial charge in [-0.05, 0) is 38.1 Å².